The maximum absolute atomic E-state index is 11.1. The molecule has 0 aromatic carbocycles. The van der Waals surface area contributed by atoms with Crippen LogP contribution in [0.25, 0.3) is 0 Å². The molecule has 0 saturated carbocycles. The summed E-state index contributed by atoms with van der Waals surface area (Å²) in [7, 11) is 0. The lowest BCUT2D eigenvalue weighted by Gasteiger charge is -2.05. The van der Waals surface area contributed by atoms with Gasteiger partial charge in [0.2, 0.25) is 0 Å². The zero-order valence-corrected chi connectivity index (χ0v) is 11.7. The van der Waals surface area contributed by atoms with Crippen LogP contribution in [0.4, 0.5) is 0 Å². The fourth-order valence-corrected chi connectivity index (χ4v) is 1.55. The third-order valence-electron chi connectivity index (χ3n) is 2.71. The Morgan fingerprint density at radius 3 is 2.22 bits per heavy atom. The molecule has 0 saturated heterocycles. The topological polar surface area (TPSA) is 38.3 Å². The molecule has 1 N–H and O–H groups in total. The van der Waals surface area contributed by atoms with Crippen molar-refractivity contribution in [3.05, 3.63) is 24.8 Å². The van der Waals surface area contributed by atoms with Crippen LogP contribution in [0.3, 0.4) is 0 Å². The van der Waals surface area contributed by atoms with Crippen LogP contribution in [0.2, 0.25) is 0 Å². The summed E-state index contributed by atoms with van der Waals surface area (Å²) >= 11 is 0. The number of hydrogen-bond donors (Lipinski definition) is 1. The SMILES string of the molecule is C=CCCCCCCCCCONC(=O)C(=C)C. The van der Waals surface area contributed by atoms with Gasteiger partial charge in [-0.05, 0) is 26.2 Å². The summed E-state index contributed by atoms with van der Waals surface area (Å²) in [6, 6.07) is 0. The Hall–Kier alpha value is -1.09. The Balaban J connectivity index is 3.10. The molecule has 0 aliphatic carbocycles. The number of hydrogen-bond acceptors (Lipinski definition) is 2. The number of unbranched alkanes of at least 4 members (excludes halogenated alkanes) is 7. The molecule has 0 aliphatic rings. The van der Waals surface area contributed by atoms with E-state index in [-0.39, 0.29) is 5.91 Å². The zero-order chi connectivity index (χ0) is 13.6. The molecule has 0 spiro atoms. The van der Waals surface area contributed by atoms with E-state index < -0.39 is 0 Å². The van der Waals surface area contributed by atoms with Crippen LogP contribution < -0.4 is 5.48 Å². The molecule has 104 valence electrons. The molecule has 3 heteroatoms. The van der Waals surface area contributed by atoms with Crippen molar-refractivity contribution in [2.24, 2.45) is 0 Å². The van der Waals surface area contributed by atoms with Gasteiger partial charge in [0.15, 0.2) is 0 Å². The predicted molar refractivity (Wildman–Crippen MR) is 76.0 cm³/mol. The third kappa shape index (κ3) is 11.4. The highest BCUT2D eigenvalue weighted by Gasteiger charge is 1.99. The van der Waals surface area contributed by atoms with E-state index in [4.69, 9.17) is 4.84 Å². The van der Waals surface area contributed by atoms with E-state index in [0.29, 0.717) is 12.2 Å². The van der Waals surface area contributed by atoms with Gasteiger partial charge >= 0.3 is 0 Å². The van der Waals surface area contributed by atoms with Crippen LogP contribution >= 0.6 is 0 Å². The summed E-state index contributed by atoms with van der Waals surface area (Å²) in [5.74, 6) is -0.239. The maximum Gasteiger partial charge on any atom is 0.269 e. The number of hydroxylamine groups is 1. The maximum atomic E-state index is 11.1. The monoisotopic (exact) mass is 253 g/mol. The first-order valence-corrected chi connectivity index (χ1v) is 6.87. The van der Waals surface area contributed by atoms with Crippen molar-refractivity contribution in [2.45, 2.75) is 58.3 Å². The molecule has 0 rings (SSSR count). The van der Waals surface area contributed by atoms with Gasteiger partial charge in [0.05, 0.1) is 6.61 Å². The van der Waals surface area contributed by atoms with Crippen molar-refractivity contribution in [3.63, 3.8) is 0 Å². The number of allylic oxidation sites excluding steroid dienone is 1. The largest absolute Gasteiger partial charge is 0.273 e. The average Bonchev–Trinajstić information content (AvgIpc) is 2.35. The normalized spacial score (nSPS) is 10.1. The van der Waals surface area contributed by atoms with Crippen LogP contribution in [0, 0.1) is 0 Å². The molecule has 0 aliphatic heterocycles. The molecule has 0 unspecified atom stereocenters. The lowest BCUT2D eigenvalue weighted by Crippen LogP contribution is -2.24. The van der Waals surface area contributed by atoms with E-state index in [9.17, 15) is 4.79 Å². The smallest absolute Gasteiger partial charge is 0.269 e. The van der Waals surface area contributed by atoms with Crippen LogP contribution in [0.5, 0.6) is 0 Å². The van der Waals surface area contributed by atoms with Gasteiger partial charge in [-0.25, -0.2) is 5.48 Å². The van der Waals surface area contributed by atoms with Gasteiger partial charge < -0.3 is 0 Å². The Morgan fingerprint density at radius 1 is 1.11 bits per heavy atom. The number of carbonyl (C=O) groups is 1. The minimum absolute atomic E-state index is 0.239. The van der Waals surface area contributed by atoms with Crippen molar-refractivity contribution in [1.82, 2.24) is 5.48 Å². The lowest BCUT2D eigenvalue weighted by molar-refractivity contribution is -0.129. The third-order valence-corrected chi connectivity index (χ3v) is 2.71. The van der Waals surface area contributed by atoms with Crippen molar-refractivity contribution in [1.29, 1.82) is 0 Å². The summed E-state index contributed by atoms with van der Waals surface area (Å²) in [6.07, 6.45) is 11.7. The van der Waals surface area contributed by atoms with Crippen LogP contribution in [-0.4, -0.2) is 12.5 Å². The van der Waals surface area contributed by atoms with E-state index in [0.717, 1.165) is 19.3 Å². The predicted octanol–water partition coefficient (Wildman–Crippen LogP) is 3.92. The Morgan fingerprint density at radius 2 is 1.67 bits per heavy atom. The summed E-state index contributed by atoms with van der Waals surface area (Å²) in [6.45, 7) is 9.47. The zero-order valence-electron chi connectivity index (χ0n) is 11.7. The van der Waals surface area contributed by atoms with E-state index in [1.165, 1.54) is 32.1 Å². The Labute approximate surface area is 111 Å². The minimum atomic E-state index is -0.239. The molecule has 1 amide bonds. The summed E-state index contributed by atoms with van der Waals surface area (Å²) < 4.78 is 0. The second-order valence-corrected chi connectivity index (χ2v) is 4.61. The summed E-state index contributed by atoms with van der Waals surface area (Å²) in [5.41, 5.74) is 2.83. The standard InChI is InChI=1S/C15H27NO2/c1-4-5-6-7-8-9-10-11-12-13-18-16-15(17)14(2)3/h4H,1-2,5-13H2,3H3,(H,16,17). The Kier molecular flexibility index (Phi) is 11.6. The van der Waals surface area contributed by atoms with Crippen molar-refractivity contribution in [3.8, 4) is 0 Å². The van der Waals surface area contributed by atoms with E-state index in [1.807, 2.05) is 6.08 Å². The van der Waals surface area contributed by atoms with Gasteiger partial charge in [-0.2, -0.15) is 0 Å². The number of nitrogens with one attached hydrogen (secondary N) is 1. The van der Waals surface area contributed by atoms with Crippen molar-refractivity contribution >= 4 is 5.91 Å². The van der Waals surface area contributed by atoms with Crippen molar-refractivity contribution < 1.29 is 9.63 Å². The second kappa shape index (κ2) is 12.4. The lowest BCUT2D eigenvalue weighted by atomic mass is 10.1. The number of carbonyl (C=O) groups excluding carboxylic acids is 1. The highest BCUT2D eigenvalue weighted by atomic mass is 16.6. The average molecular weight is 253 g/mol. The quantitative estimate of drug-likeness (QED) is 0.248. The molecule has 0 heterocycles. The molecular weight excluding hydrogens is 226 g/mol. The first-order chi connectivity index (χ1) is 8.68. The number of rotatable bonds is 12. The van der Waals surface area contributed by atoms with E-state index in [2.05, 4.69) is 18.6 Å². The molecule has 18 heavy (non-hydrogen) atoms. The van der Waals surface area contributed by atoms with E-state index in [1.54, 1.807) is 6.92 Å². The molecule has 0 atom stereocenters. The molecule has 0 aromatic heterocycles. The molecule has 0 bridgehead atoms. The van der Waals surface area contributed by atoms with Gasteiger partial charge in [-0.3, -0.25) is 9.63 Å². The highest BCUT2D eigenvalue weighted by molar-refractivity contribution is 5.91. The van der Waals surface area contributed by atoms with Crippen LogP contribution in [-0.2, 0) is 9.63 Å². The second-order valence-electron chi connectivity index (χ2n) is 4.61. The highest BCUT2D eigenvalue weighted by Crippen LogP contribution is 2.08. The fourth-order valence-electron chi connectivity index (χ4n) is 1.55. The van der Waals surface area contributed by atoms with Gasteiger partial charge in [-0.15, -0.1) is 6.58 Å². The van der Waals surface area contributed by atoms with Gasteiger partial charge in [-0.1, -0.05) is 44.8 Å². The van der Waals surface area contributed by atoms with E-state index >= 15 is 0 Å². The van der Waals surface area contributed by atoms with Gasteiger partial charge in [0.25, 0.3) is 5.91 Å². The van der Waals surface area contributed by atoms with Crippen LogP contribution in [0.15, 0.2) is 24.8 Å². The molecule has 0 aromatic rings. The first-order valence-electron chi connectivity index (χ1n) is 6.87. The molecule has 3 nitrogen and oxygen atoms in total. The Bertz CT molecular complexity index is 249. The summed E-state index contributed by atoms with van der Waals surface area (Å²) in [5, 5.41) is 0. The van der Waals surface area contributed by atoms with Gasteiger partial charge in [0, 0.05) is 5.57 Å². The number of amides is 1. The first kappa shape index (κ1) is 16.9. The summed E-state index contributed by atoms with van der Waals surface area (Å²) in [4.78, 5) is 16.1. The molecular formula is C15H27NO2. The minimum Gasteiger partial charge on any atom is -0.273 e. The molecule has 0 radical (unpaired) electrons. The van der Waals surface area contributed by atoms with Crippen LogP contribution in [0.1, 0.15) is 58.3 Å². The van der Waals surface area contributed by atoms with Crippen molar-refractivity contribution in [2.75, 3.05) is 6.61 Å². The molecule has 0 fully saturated rings. The fraction of sp³-hybridized carbons (Fsp3) is 0.667. The van der Waals surface area contributed by atoms with Gasteiger partial charge in [0.1, 0.15) is 0 Å².